The van der Waals surface area contributed by atoms with Gasteiger partial charge in [0.25, 0.3) is 0 Å². The van der Waals surface area contributed by atoms with Gasteiger partial charge in [0.1, 0.15) is 0 Å². The molecule has 1 aromatic carbocycles. The molecule has 1 saturated heterocycles. The zero-order chi connectivity index (χ0) is 13.8. The van der Waals surface area contributed by atoms with Crippen LogP contribution < -0.4 is 5.32 Å². The van der Waals surface area contributed by atoms with Crippen LogP contribution in [-0.2, 0) is 28.9 Å². The van der Waals surface area contributed by atoms with Gasteiger partial charge in [-0.2, -0.15) is 0 Å². The number of carbonyl (C=O) groups excluding carboxylic acids is 1. The maximum absolute atomic E-state index is 11.9. The van der Waals surface area contributed by atoms with Crippen molar-refractivity contribution in [3.05, 3.63) is 34.9 Å². The van der Waals surface area contributed by atoms with E-state index in [2.05, 4.69) is 23.5 Å². The molecule has 108 valence electrons. The second-order valence-corrected chi connectivity index (χ2v) is 6.02. The molecular formula is C17H23NO2. The van der Waals surface area contributed by atoms with Gasteiger partial charge in [0.2, 0.25) is 5.91 Å². The van der Waals surface area contributed by atoms with Gasteiger partial charge in [-0.25, -0.2) is 0 Å². The molecule has 3 nitrogen and oxygen atoms in total. The molecule has 1 atom stereocenters. The van der Waals surface area contributed by atoms with Crippen molar-refractivity contribution in [3.8, 4) is 0 Å². The molecule has 0 spiro atoms. The molecule has 2 aliphatic rings. The highest BCUT2D eigenvalue weighted by Crippen LogP contribution is 2.22. The van der Waals surface area contributed by atoms with Crippen molar-refractivity contribution in [2.75, 3.05) is 13.2 Å². The number of carbonyl (C=O) groups is 1. The average molecular weight is 273 g/mol. The molecule has 20 heavy (non-hydrogen) atoms. The highest BCUT2D eigenvalue weighted by Gasteiger charge is 2.18. The van der Waals surface area contributed by atoms with Crippen LogP contribution in [0.25, 0.3) is 0 Å². The number of nitrogens with one attached hydrogen (secondary N) is 1. The van der Waals surface area contributed by atoms with E-state index in [1.54, 1.807) is 0 Å². The lowest BCUT2D eigenvalue weighted by molar-refractivity contribution is -0.122. The van der Waals surface area contributed by atoms with Gasteiger partial charge >= 0.3 is 0 Å². The first kappa shape index (κ1) is 13.6. The highest BCUT2D eigenvalue weighted by molar-refractivity contribution is 5.76. The summed E-state index contributed by atoms with van der Waals surface area (Å²) in [4.78, 5) is 11.9. The van der Waals surface area contributed by atoms with E-state index in [1.807, 2.05) is 0 Å². The predicted molar refractivity (Wildman–Crippen MR) is 78.5 cm³/mol. The van der Waals surface area contributed by atoms with Crippen molar-refractivity contribution in [3.63, 3.8) is 0 Å². The second kappa shape index (κ2) is 6.40. The van der Waals surface area contributed by atoms with Crippen molar-refractivity contribution in [2.45, 2.75) is 45.1 Å². The summed E-state index contributed by atoms with van der Waals surface area (Å²) in [7, 11) is 0. The molecule has 1 aromatic rings. The Balaban J connectivity index is 1.51. The number of rotatable bonds is 4. The van der Waals surface area contributed by atoms with Crippen molar-refractivity contribution >= 4 is 5.91 Å². The minimum atomic E-state index is 0.151. The lowest BCUT2D eigenvalue weighted by Gasteiger charge is -2.17. The molecule has 1 N–H and O–H groups in total. The van der Waals surface area contributed by atoms with Gasteiger partial charge in [0.15, 0.2) is 0 Å². The maximum Gasteiger partial charge on any atom is 0.220 e. The summed E-state index contributed by atoms with van der Waals surface area (Å²) in [5, 5.41) is 3.04. The summed E-state index contributed by atoms with van der Waals surface area (Å²) in [5.41, 5.74) is 4.20. The van der Waals surface area contributed by atoms with Crippen LogP contribution in [0.15, 0.2) is 18.2 Å². The smallest absolute Gasteiger partial charge is 0.220 e. The Bertz CT molecular complexity index is 478. The largest absolute Gasteiger partial charge is 0.381 e. The fraction of sp³-hybridized carbons (Fsp3) is 0.588. The Kier molecular flexibility index (Phi) is 4.36. The molecule has 1 heterocycles. The first-order valence-electron chi connectivity index (χ1n) is 7.76. The number of hydrogen-bond acceptors (Lipinski definition) is 2. The van der Waals surface area contributed by atoms with E-state index in [0.29, 0.717) is 18.9 Å². The van der Waals surface area contributed by atoms with Crippen LogP contribution in [0.1, 0.15) is 42.4 Å². The van der Waals surface area contributed by atoms with Gasteiger partial charge in [-0.15, -0.1) is 0 Å². The zero-order valence-electron chi connectivity index (χ0n) is 12.0. The van der Waals surface area contributed by atoms with Gasteiger partial charge in [0.05, 0.1) is 0 Å². The molecule has 0 unspecified atom stereocenters. The molecule has 1 aliphatic heterocycles. The van der Waals surface area contributed by atoms with E-state index in [4.69, 9.17) is 4.74 Å². The Morgan fingerprint density at radius 2 is 2.10 bits per heavy atom. The Hall–Kier alpha value is -1.35. The van der Waals surface area contributed by atoms with Gasteiger partial charge < -0.3 is 10.1 Å². The first-order chi connectivity index (χ1) is 9.81. The fourth-order valence-electron chi connectivity index (χ4n) is 3.18. The number of benzene rings is 1. The van der Waals surface area contributed by atoms with Crippen LogP contribution in [0.5, 0.6) is 0 Å². The van der Waals surface area contributed by atoms with E-state index < -0.39 is 0 Å². The van der Waals surface area contributed by atoms with E-state index in [1.165, 1.54) is 42.4 Å². The monoisotopic (exact) mass is 273 g/mol. The van der Waals surface area contributed by atoms with E-state index >= 15 is 0 Å². The number of aryl methyl sites for hydroxylation is 2. The standard InChI is InChI=1S/C17H23NO2/c19-17(10-14-7-8-20-12-14)18-11-13-5-6-15-3-1-2-4-16(15)9-13/h5-6,9,14H,1-4,7-8,10-12H2,(H,18,19)/t14-/m1/s1. The third kappa shape index (κ3) is 3.40. The quantitative estimate of drug-likeness (QED) is 0.915. The van der Waals surface area contributed by atoms with Crippen LogP contribution in [0.4, 0.5) is 0 Å². The van der Waals surface area contributed by atoms with Crippen LogP contribution in [-0.4, -0.2) is 19.1 Å². The summed E-state index contributed by atoms with van der Waals surface area (Å²) in [6.45, 7) is 2.20. The van der Waals surface area contributed by atoms with Crippen molar-refractivity contribution in [1.82, 2.24) is 5.32 Å². The predicted octanol–water partition coefficient (Wildman–Crippen LogP) is 2.61. The Morgan fingerprint density at radius 3 is 2.90 bits per heavy atom. The molecule has 1 aliphatic carbocycles. The Morgan fingerprint density at radius 1 is 1.25 bits per heavy atom. The zero-order valence-corrected chi connectivity index (χ0v) is 12.0. The number of amides is 1. The van der Waals surface area contributed by atoms with Gasteiger partial charge in [0, 0.05) is 26.2 Å². The topological polar surface area (TPSA) is 38.3 Å². The number of hydrogen-bond donors (Lipinski definition) is 1. The lowest BCUT2D eigenvalue weighted by Crippen LogP contribution is -2.25. The highest BCUT2D eigenvalue weighted by atomic mass is 16.5. The molecule has 0 aromatic heterocycles. The molecule has 3 rings (SSSR count). The SMILES string of the molecule is O=C(C[C@H]1CCOC1)NCc1ccc2c(c1)CCCC2. The summed E-state index contributed by atoms with van der Waals surface area (Å²) >= 11 is 0. The average Bonchev–Trinajstić information content (AvgIpc) is 2.98. The third-order valence-corrected chi connectivity index (χ3v) is 4.40. The van der Waals surface area contributed by atoms with Crippen molar-refractivity contribution < 1.29 is 9.53 Å². The summed E-state index contributed by atoms with van der Waals surface area (Å²) in [6, 6.07) is 6.66. The molecule has 1 amide bonds. The summed E-state index contributed by atoms with van der Waals surface area (Å²) < 4.78 is 5.30. The molecular weight excluding hydrogens is 250 g/mol. The van der Waals surface area contributed by atoms with Gasteiger partial charge in [-0.1, -0.05) is 18.2 Å². The number of ether oxygens (including phenoxy) is 1. The van der Waals surface area contributed by atoms with Crippen molar-refractivity contribution in [1.29, 1.82) is 0 Å². The summed E-state index contributed by atoms with van der Waals surface area (Å²) in [5.74, 6) is 0.566. The minimum Gasteiger partial charge on any atom is -0.381 e. The first-order valence-corrected chi connectivity index (χ1v) is 7.76. The van der Waals surface area contributed by atoms with Crippen molar-refractivity contribution in [2.24, 2.45) is 5.92 Å². The molecule has 1 fully saturated rings. The normalized spacial score (nSPS) is 21.5. The fourth-order valence-corrected chi connectivity index (χ4v) is 3.18. The molecule has 0 saturated carbocycles. The second-order valence-electron chi connectivity index (χ2n) is 6.02. The van der Waals surface area contributed by atoms with E-state index in [0.717, 1.165) is 19.6 Å². The number of fused-ring (bicyclic) bond motifs is 1. The van der Waals surface area contributed by atoms with Gasteiger partial charge in [-0.05, 0) is 54.7 Å². The molecule has 0 bridgehead atoms. The van der Waals surface area contributed by atoms with Crippen LogP contribution in [0.2, 0.25) is 0 Å². The summed E-state index contributed by atoms with van der Waals surface area (Å²) in [6.07, 6.45) is 6.63. The Labute approximate surface area is 120 Å². The van der Waals surface area contributed by atoms with Crippen LogP contribution >= 0.6 is 0 Å². The third-order valence-electron chi connectivity index (χ3n) is 4.40. The van der Waals surface area contributed by atoms with E-state index in [9.17, 15) is 4.79 Å². The molecule has 3 heteroatoms. The lowest BCUT2D eigenvalue weighted by atomic mass is 9.90. The minimum absolute atomic E-state index is 0.151. The van der Waals surface area contributed by atoms with Crippen LogP contribution in [0, 0.1) is 5.92 Å². The maximum atomic E-state index is 11.9. The molecule has 0 radical (unpaired) electrons. The van der Waals surface area contributed by atoms with E-state index in [-0.39, 0.29) is 5.91 Å². The van der Waals surface area contributed by atoms with Crippen LogP contribution in [0.3, 0.4) is 0 Å². The van der Waals surface area contributed by atoms with Gasteiger partial charge in [-0.3, -0.25) is 4.79 Å².